The molecule has 0 unspecified atom stereocenters. The summed E-state index contributed by atoms with van der Waals surface area (Å²) in [4.78, 5) is 0. The molecule has 0 aliphatic rings. The van der Waals surface area contributed by atoms with Crippen molar-refractivity contribution in [1.29, 1.82) is 0 Å². The number of nitrogens with one attached hydrogen (secondary N) is 1. The van der Waals surface area contributed by atoms with E-state index in [9.17, 15) is 0 Å². The Morgan fingerprint density at radius 1 is 1.25 bits per heavy atom. The molecule has 1 aromatic heterocycles. The van der Waals surface area contributed by atoms with Gasteiger partial charge in [-0.15, -0.1) is 0 Å². The number of aromatic nitrogens is 1. The van der Waals surface area contributed by atoms with Crippen molar-refractivity contribution >= 4 is 15.9 Å². The molecule has 0 bridgehead atoms. The molecule has 4 heteroatoms. The fourth-order valence-corrected chi connectivity index (χ4v) is 2.42. The molecule has 0 radical (unpaired) electrons. The first-order valence-corrected chi connectivity index (χ1v) is 7.82. The lowest BCUT2D eigenvalue weighted by Crippen LogP contribution is -2.18. The molecule has 108 valence electrons. The summed E-state index contributed by atoms with van der Waals surface area (Å²) in [6.45, 7) is 5.68. The zero-order valence-corrected chi connectivity index (χ0v) is 13.4. The van der Waals surface area contributed by atoms with E-state index < -0.39 is 0 Å². The van der Waals surface area contributed by atoms with Crippen molar-refractivity contribution in [2.75, 3.05) is 13.2 Å². The van der Waals surface area contributed by atoms with Gasteiger partial charge in [-0.3, -0.25) is 0 Å². The van der Waals surface area contributed by atoms with Crippen LogP contribution in [0.4, 0.5) is 0 Å². The number of nitrogens with zero attached hydrogens (tertiary/aromatic N) is 1. The van der Waals surface area contributed by atoms with Gasteiger partial charge in [-0.1, -0.05) is 28.9 Å². The number of halogens is 1. The Balaban J connectivity index is 1.80. The second-order valence-corrected chi connectivity index (χ2v) is 5.59. The minimum Gasteiger partial charge on any atom is -0.492 e. The van der Waals surface area contributed by atoms with Crippen LogP contribution in [-0.4, -0.2) is 17.7 Å². The molecular formula is C16H21BrN2O. The Hall–Kier alpha value is -1.26. The van der Waals surface area contributed by atoms with Crippen molar-refractivity contribution in [3.63, 3.8) is 0 Å². The molecule has 20 heavy (non-hydrogen) atoms. The molecule has 0 aliphatic heterocycles. The molecule has 3 nitrogen and oxygen atoms in total. The quantitative estimate of drug-likeness (QED) is 0.741. The number of rotatable bonds is 8. The smallest absolute Gasteiger partial charge is 0.120 e. The van der Waals surface area contributed by atoms with Crippen LogP contribution in [0.25, 0.3) is 0 Å². The largest absolute Gasteiger partial charge is 0.492 e. The summed E-state index contributed by atoms with van der Waals surface area (Å²) < 4.78 is 9.05. The van der Waals surface area contributed by atoms with Crippen LogP contribution in [0.1, 0.15) is 19.0 Å². The maximum Gasteiger partial charge on any atom is 0.120 e. The molecule has 0 aliphatic carbocycles. The van der Waals surface area contributed by atoms with Crippen LogP contribution in [0.2, 0.25) is 0 Å². The van der Waals surface area contributed by atoms with Crippen molar-refractivity contribution in [2.24, 2.45) is 0 Å². The van der Waals surface area contributed by atoms with Gasteiger partial charge >= 0.3 is 0 Å². The summed E-state index contributed by atoms with van der Waals surface area (Å²) in [5, 5.41) is 3.43. The van der Waals surface area contributed by atoms with Crippen molar-refractivity contribution < 1.29 is 4.74 Å². The van der Waals surface area contributed by atoms with E-state index >= 15 is 0 Å². The molecule has 0 fully saturated rings. The van der Waals surface area contributed by atoms with Gasteiger partial charge < -0.3 is 14.6 Å². The van der Waals surface area contributed by atoms with Crippen LogP contribution in [0.15, 0.2) is 47.1 Å². The third kappa shape index (κ3) is 4.69. The summed E-state index contributed by atoms with van der Waals surface area (Å²) in [6.07, 6.45) is 3.26. The van der Waals surface area contributed by atoms with Crippen molar-refractivity contribution in [3.05, 3.63) is 52.8 Å². The highest BCUT2D eigenvalue weighted by atomic mass is 79.9. The second kappa shape index (κ2) is 8.12. The standard InChI is InChI=1S/C16H21BrN2O/c1-2-8-18-13-15-6-4-9-19(15)10-11-20-16-7-3-5-14(17)12-16/h3-7,9,12,18H,2,8,10-11,13H2,1H3. The highest BCUT2D eigenvalue weighted by Gasteiger charge is 2.01. The number of ether oxygens (including phenoxy) is 1. The molecule has 0 atom stereocenters. The van der Waals surface area contributed by atoms with E-state index in [1.807, 2.05) is 24.3 Å². The van der Waals surface area contributed by atoms with Gasteiger partial charge in [0.1, 0.15) is 12.4 Å². The summed E-state index contributed by atoms with van der Waals surface area (Å²) >= 11 is 3.45. The first-order valence-electron chi connectivity index (χ1n) is 7.02. The Kier molecular flexibility index (Phi) is 6.15. The summed E-state index contributed by atoms with van der Waals surface area (Å²) in [6, 6.07) is 12.2. The highest BCUT2D eigenvalue weighted by molar-refractivity contribution is 9.10. The Bertz CT molecular complexity index is 525. The molecule has 1 N–H and O–H groups in total. The number of benzene rings is 1. The van der Waals surface area contributed by atoms with Crippen LogP contribution in [0, 0.1) is 0 Å². The summed E-state index contributed by atoms with van der Waals surface area (Å²) in [5.41, 5.74) is 1.30. The Morgan fingerprint density at radius 3 is 2.95 bits per heavy atom. The van der Waals surface area contributed by atoms with Crippen LogP contribution < -0.4 is 10.1 Å². The van der Waals surface area contributed by atoms with Crippen molar-refractivity contribution in [2.45, 2.75) is 26.4 Å². The van der Waals surface area contributed by atoms with Gasteiger partial charge in [0, 0.05) is 22.9 Å². The van der Waals surface area contributed by atoms with E-state index in [-0.39, 0.29) is 0 Å². The average Bonchev–Trinajstić information content (AvgIpc) is 2.87. The Labute approximate surface area is 129 Å². The van der Waals surface area contributed by atoms with Gasteiger partial charge in [0.15, 0.2) is 0 Å². The van der Waals surface area contributed by atoms with E-state index in [1.165, 1.54) is 5.69 Å². The van der Waals surface area contributed by atoms with Gasteiger partial charge in [-0.25, -0.2) is 0 Å². The lowest BCUT2D eigenvalue weighted by atomic mass is 10.3. The zero-order chi connectivity index (χ0) is 14.2. The molecule has 0 spiro atoms. The number of hydrogen-bond acceptors (Lipinski definition) is 2. The molecule has 1 aromatic carbocycles. The maximum atomic E-state index is 5.77. The van der Waals surface area contributed by atoms with Gasteiger partial charge in [-0.05, 0) is 43.3 Å². The SMILES string of the molecule is CCCNCc1cccn1CCOc1cccc(Br)c1. The van der Waals surface area contributed by atoms with Gasteiger partial charge in [0.2, 0.25) is 0 Å². The fourth-order valence-electron chi connectivity index (χ4n) is 2.04. The minimum absolute atomic E-state index is 0.673. The first kappa shape index (κ1) is 15.1. The first-order chi connectivity index (χ1) is 9.79. The highest BCUT2D eigenvalue weighted by Crippen LogP contribution is 2.17. The van der Waals surface area contributed by atoms with Crippen LogP contribution in [-0.2, 0) is 13.1 Å². The van der Waals surface area contributed by atoms with E-state index in [0.717, 1.165) is 36.3 Å². The third-order valence-corrected chi connectivity index (χ3v) is 3.55. The summed E-state index contributed by atoms with van der Waals surface area (Å²) in [7, 11) is 0. The van der Waals surface area contributed by atoms with Gasteiger partial charge in [0.25, 0.3) is 0 Å². The molecule has 0 saturated carbocycles. The lowest BCUT2D eigenvalue weighted by molar-refractivity contribution is 0.296. The van der Waals surface area contributed by atoms with Gasteiger partial charge in [-0.2, -0.15) is 0 Å². The molecule has 0 saturated heterocycles. The summed E-state index contributed by atoms with van der Waals surface area (Å²) in [5.74, 6) is 0.900. The van der Waals surface area contributed by atoms with E-state index in [0.29, 0.717) is 6.61 Å². The van der Waals surface area contributed by atoms with Crippen LogP contribution >= 0.6 is 15.9 Å². The molecule has 1 heterocycles. The third-order valence-electron chi connectivity index (χ3n) is 3.05. The normalized spacial score (nSPS) is 10.7. The van der Waals surface area contributed by atoms with Crippen molar-refractivity contribution in [1.82, 2.24) is 9.88 Å². The zero-order valence-electron chi connectivity index (χ0n) is 11.8. The average molecular weight is 337 g/mol. The predicted octanol–water partition coefficient (Wildman–Crippen LogP) is 3.83. The minimum atomic E-state index is 0.673. The van der Waals surface area contributed by atoms with Crippen LogP contribution in [0.3, 0.4) is 0 Å². The fraction of sp³-hybridized carbons (Fsp3) is 0.375. The monoisotopic (exact) mass is 336 g/mol. The Morgan fingerprint density at radius 2 is 2.15 bits per heavy atom. The molecule has 0 amide bonds. The second-order valence-electron chi connectivity index (χ2n) is 4.68. The number of hydrogen-bond donors (Lipinski definition) is 1. The van der Waals surface area contributed by atoms with Crippen LogP contribution in [0.5, 0.6) is 5.75 Å². The van der Waals surface area contributed by atoms with E-state index in [2.05, 4.69) is 51.1 Å². The predicted molar refractivity (Wildman–Crippen MR) is 86.1 cm³/mol. The topological polar surface area (TPSA) is 26.2 Å². The lowest BCUT2D eigenvalue weighted by Gasteiger charge is -2.11. The molecular weight excluding hydrogens is 316 g/mol. The van der Waals surface area contributed by atoms with Gasteiger partial charge in [0.05, 0.1) is 6.54 Å². The molecule has 2 aromatic rings. The maximum absolute atomic E-state index is 5.77. The van der Waals surface area contributed by atoms with E-state index in [1.54, 1.807) is 0 Å². The van der Waals surface area contributed by atoms with E-state index in [4.69, 9.17) is 4.74 Å². The van der Waals surface area contributed by atoms with Crippen molar-refractivity contribution in [3.8, 4) is 5.75 Å². The molecule has 2 rings (SSSR count).